The van der Waals surface area contributed by atoms with Crippen LogP contribution < -0.4 is 5.32 Å². The molecule has 28 heavy (non-hydrogen) atoms. The Morgan fingerprint density at radius 2 is 1.64 bits per heavy atom. The molecule has 1 amide bonds. The number of rotatable bonds is 5. The maximum absolute atomic E-state index is 12.8. The maximum atomic E-state index is 12.8. The quantitative estimate of drug-likeness (QED) is 0.450. The van der Waals surface area contributed by atoms with E-state index in [-0.39, 0.29) is 6.07 Å². The van der Waals surface area contributed by atoms with E-state index in [9.17, 15) is 35.9 Å². The number of alkyl halides is 6. The second-order valence-corrected chi connectivity index (χ2v) is 5.30. The Hall–Kier alpha value is -3.24. The topological polar surface area (TPSA) is 68.5 Å². The minimum absolute atomic E-state index is 0.0743. The van der Waals surface area contributed by atoms with Crippen molar-refractivity contribution in [2.45, 2.75) is 12.4 Å². The molecule has 5 nitrogen and oxygen atoms in total. The van der Waals surface area contributed by atoms with Crippen molar-refractivity contribution < 1.29 is 45.1 Å². The summed E-state index contributed by atoms with van der Waals surface area (Å²) in [5.41, 5.74) is -3.92. The van der Waals surface area contributed by atoms with Gasteiger partial charge in [0.05, 0.1) is 17.4 Å². The van der Waals surface area contributed by atoms with Gasteiger partial charge in [-0.05, 0) is 36.4 Å². The van der Waals surface area contributed by atoms with Crippen molar-refractivity contribution in [2.75, 3.05) is 11.9 Å². The number of nitrogens with one attached hydrogen (secondary N) is 1. The molecule has 0 aliphatic rings. The van der Waals surface area contributed by atoms with Crippen molar-refractivity contribution in [1.29, 1.82) is 0 Å². The summed E-state index contributed by atoms with van der Waals surface area (Å²) in [6.07, 6.45) is -6.59. The lowest BCUT2D eigenvalue weighted by atomic mass is 10.1. The molecule has 11 heteroatoms. The minimum atomic E-state index is -5.05. The lowest BCUT2D eigenvalue weighted by Crippen LogP contribution is -2.21. The van der Waals surface area contributed by atoms with E-state index >= 15 is 0 Å². The van der Waals surface area contributed by atoms with E-state index < -0.39 is 47.7 Å². The number of benzene rings is 1. The van der Waals surface area contributed by atoms with Gasteiger partial charge in [0.15, 0.2) is 6.61 Å². The smallest absolute Gasteiger partial charge is 0.416 e. The van der Waals surface area contributed by atoms with Gasteiger partial charge < -0.3 is 14.5 Å². The molecular weight excluding hydrogens is 396 g/mol. The minimum Gasteiger partial charge on any atom is -0.465 e. The number of amides is 1. The molecular formula is C17H11F6NO4. The number of furan rings is 1. The molecule has 0 aliphatic carbocycles. The summed E-state index contributed by atoms with van der Waals surface area (Å²) in [5, 5.41) is 1.83. The highest BCUT2D eigenvalue weighted by molar-refractivity contribution is 5.94. The predicted octanol–water partition coefficient (Wildman–Crippen LogP) is 4.51. The number of hydrogen-bond donors (Lipinski definition) is 1. The second-order valence-electron chi connectivity index (χ2n) is 5.30. The predicted molar refractivity (Wildman–Crippen MR) is 83.8 cm³/mol. The highest BCUT2D eigenvalue weighted by atomic mass is 19.4. The molecule has 0 saturated carbocycles. The maximum Gasteiger partial charge on any atom is 0.416 e. The fourth-order valence-corrected chi connectivity index (χ4v) is 1.95. The van der Waals surface area contributed by atoms with E-state index in [1.165, 1.54) is 18.4 Å². The molecule has 0 radical (unpaired) electrons. The molecule has 0 saturated heterocycles. The first-order valence-corrected chi connectivity index (χ1v) is 7.43. The highest BCUT2D eigenvalue weighted by Crippen LogP contribution is 2.37. The lowest BCUT2D eigenvalue weighted by molar-refractivity contribution is -0.143. The zero-order chi connectivity index (χ0) is 20.9. The van der Waals surface area contributed by atoms with E-state index in [0.29, 0.717) is 17.9 Å². The Labute approximate surface area is 153 Å². The summed E-state index contributed by atoms with van der Waals surface area (Å²) in [5.74, 6) is -1.76. The molecule has 1 aromatic carbocycles. The van der Waals surface area contributed by atoms with Crippen LogP contribution in [0, 0.1) is 0 Å². The van der Waals surface area contributed by atoms with Crippen molar-refractivity contribution in [3.8, 4) is 0 Å². The van der Waals surface area contributed by atoms with Crippen LogP contribution >= 0.6 is 0 Å². The van der Waals surface area contributed by atoms with Crippen molar-refractivity contribution in [2.24, 2.45) is 0 Å². The highest BCUT2D eigenvalue weighted by Gasteiger charge is 2.37. The third-order valence-corrected chi connectivity index (χ3v) is 3.14. The molecule has 1 N–H and O–H groups in total. The number of halogens is 6. The van der Waals surface area contributed by atoms with Gasteiger partial charge in [0.1, 0.15) is 5.76 Å². The fourth-order valence-electron chi connectivity index (χ4n) is 1.95. The van der Waals surface area contributed by atoms with E-state index in [1.807, 2.05) is 5.32 Å². The number of carbonyl (C=O) groups is 2. The van der Waals surface area contributed by atoms with Gasteiger partial charge in [0.25, 0.3) is 5.91 Å². The van der Waals surface area contributed by atoms with Crippen LogP contribution in [0.1, 0.15) is 16.9 Å². The third kappa shape index (κ3) is 6.18. The molecule has 0 fully saturated rings. The number of anilines is 1. The van der Waals surface area contributed by atoms with Gasteiger partial charge in [-0.2, -0.15) is 26.3 Å². The monoisotopic (exact) mass is 407 g/mol. The van der Waals surface area contributed by atoms with Crippen molar-refractivity contribution in [3.05, 3.63) is 59.6 Å². The molecule has 150 valence electrons. The van der Waals surface area contributed by atoms with E-state index in [4.69, 9.17) is 4.42 Å². The Bertz CT molecular complexity index is 837. The van der Waals surface area contributed by atoms with Crippen molar-refractivity contribution in [3.63, 3.8) is 0 Å². The van der Waals surface area contributed by atoms with Crippen LogP contribution in [-0.4, -0.2) is 18.5 Å². The van der Waals surface area contributed by atoms with E-state index in [1.54, 1.807) is 6.07 Å². The van der Waals surface area contributed by atoms with Crippen LogP contribution in [0.5, 0.6) is 0 Å². The first-order valence-electron chi connectivity index (χ1n) is 7.43. The zero-order valence-electron chi connectivity index (χ0n) is 13.7. The fraction of sp³-hybridized carbons (Fsp3) is 0.176. The summed E-state index contributed by atoms with van der Waals surface area (Å²) in [6, 6.07) is 3.69. The number of ether oxygens (including phenoxy) is 1. The summed E-state index contributed by atoms with van der Waals surface area (Å²) >= 11 is 0. The van der Waals surface area contributed by atoms with Gasteiger partial charge in [-0.15, -0.1) is 0 Å². The normalized spacial score (nSPS) is 12.2. The first kappa shape index (κ1) is 21.1. The molecule has 0 bridgehead atoms. The molecule has 2 rings (SSSR count). The van der Waals surface area contributed by atoms with Crippen molar-refractivity contribution >= 4 is 23.6 Å². The van der Waals surface area contributed by atoms with Gasteiger partial charge in [-0.25, -0.2) is 4.79 Å². The van der Waals surface area contributed by atoms with Gasteiger partial charge >= 0.3 is 18.3 Å². The zero-order valence-corrected chi connectivity index (χ0v) is 13.7. The van der Waals surface area contributed by atoms with Gasteiger partial charge in [0, 0.05) is 11.8 Å². The number of hydrogen-bond acceptors (Lipinski definition) is 4. The Morgan fingerprint density at radius 3 is 2.14 bits per heavy atom. The number of esters is 1. The van der Waals surface area contributed by atoms with Gasteiger partial charge in [-0.3, -0.25) is 4.79 Å². The Balaban J connectivity index is 2.03. The van der Waals surface area contributed by atoms with Crippen LogP contribution in [0.25, 0.3) is 6.08 Å². The van der Waals surface area contributed by atoms with Gasteiger partial charge in [0.2, 0.25) is 0 Å². The van der Waals surface area contributed by atoms with Gasteiger partial charge in [-0.1, -0.05) is 0 Å². The first-order chi connectivity index (χ1) is 12.9. The van der Waals surface area contributed by atoms with Crippen LogP contribution in [0.15, 0.2) is 47.1 Å². The van der Waals surface area contributed by atoms with Crippen LogP contribution in [-0.2, 0) is 26.7 Å². The summed E-state index contributed by atoms with van der Waals surface area (Å²) in [4.78, 5) is 23.1. The van der Waals surface area contributed by atoms with E-state index in [2.05, 4.69) is 4.74 Å². The Morgan fingerprint density at radius 1 is 1.04 bits per heavy atom. The van der Waals surface area contributed by atoms with Crippen LogP contribution in [0.3, 0.4) is 0 Å². The molecule has 0 aliphatic heterocycles. The average Bonchev–Trinajstić information content (AvgIpc) is 3.10. The number of carbonyl (C=O) groups excluding carboxylic acids is 2. The lowest BCUT2D eigenvalue weighted by Gasteiger charge is -2.14. The molecule has 1 aromatic heterocycles. The largest absolute Gasteiger partial charge is 0.465 e. The molecule has 1 heterocycles. The molecule has 2 aromatic rings. The Kier molecular flexibility index (Phi) is 6.16. The molecule has 0 unspecified atom stereocenters. The molecule has 0 spiro atoms. The summed E-state index contributed by atoms with van der Waals surface area (Å²) < 4.78 is 86.0. The van der Waals surface area contributed by atoms with Crippen LogP contribution in [0.2, 0.25) is 0 Å². The third-order valence-electron chi connectivity index (χ3n) is 3.14. The summed E-state index contributed by atoms with van der Waals surface area (Å²) in [7, 11) is 0. The molecule has 0 atom stereocenters. The summed E-state index contributed by atoms with van der Waals surface area (Å²) in [6.45, 7) is -0.918. The van der Waals surface area contributed by atoms with Crippen LogP contribution in [0.4, 0.5) is 32.0 Å². The SMILES string of the molecule is O=C(COC(=O)C=Cc1ccco1)Nc1cc(C(F)(F)F)cc(C(F)(F)F)c1. The second kappa shape index (κ2) is 8.19. The van der Waals surface area contributed by atoms with Crippen molar-refractivity contribution in [1.82, 2.24) is 0 Å². The van der Waals surface area contributed by atoms with E-state index in [0.717, 1.165) is 6.08 Å². The average molecular weight is 407 g/mol. The standard InChI is InChI=1S/C17H11F6NO4/c18-16(19,20)10-6-11(17(21,22)23)8-12(7-10)24-14(25)9-28-15(26)4-3-13-2-1-5-27-13/h1-8H,9H2,(H,24,25).